The van der Waals surface area contributed by atoms with Crippen LogP contribution in [0.25, 0.3) is 0 Å². The van der Waals surface area contributed by atoms with Gasteiger partial charge in [0.15, 0.2) is 22.3 Å². The van der Waals surface area contributed by atoms with Gasteiger partial charge in [0.05, 0.1) is 35.7 Å². The van der Waals surface area contributed by atoms with Gasteiger partial charge in [-0.15, -0.1) is 0 Å². The van der Waals surface area contributed by atoms with Crippen LogP contribution in [0, 0.1) is 15.2 Å². The number of carbonyl (C=O) groups is 1. The summed E-state index contributed by atoms with van der Waals surface area (Å²) in [4.78, 5) is 16.0. The van der Waals surface area contributed by atoms with Crippen molar-refractivity contribution < 1.29 is 26.7 Å². The Morgan fingerprint density at radius 3 is 2.58 bits per heavy atom. The zero-order valence-electron chi connectivity index (χ0n) is 18.7. The van der Waals surface area contributed by atoms with Crippen molar-refractivity contribution in [3.05, 3.63) is 74.1 Å². The van der Waals surface area contributed by atoms with Crippen LogP contribution in [0.1, 0.15) is 28.9 Å². The summed E-state index contributed by atoms with van der Waals surface area (Å²) in [6, 6.07) is 9.47. The largest absolute Gasteiger partial charge is 0.494 e. The maximum absolute atomic E-state index is 15.5. The highest BCUT2D eigenvalue weighted by molar-refractivity contribution is 14.1. The Hall–Kier alpha value is -2.55. The first-order valence-corrected chi connectivity index (χ1v) is 13.6. The summed E-state index contributed by atoms with van der Waals surface area (Å²) >= 11 is 8.28. The maximum atomic E-state index is 15.5. The molecule has 1 aromatic heterocycles. The van der Waals surface area contributed by atoms with Gasteiger partial charge in [0, 0.05) is 15.8 Å². The number of ether oxygens (including phenoxy) is 1. The monoisotopic (exact) mass is 648 g/mol. The predicted octanol–water partition coefficient (Wildman–Crippen LogP) is 4.74. The third kappa shape index (κ3) is 5.71. The summed E-state index contributed by atoms with van der Waals surface area (Å²) in [6.45, 7) is -0.296. The highest BCUT2D eigenvalue weighted by Crippen LogP contribution is 2.41. The molecular formula is C23H20ClF2IN4O4S. The molecule has 4 rings (SSSR count). The molecule has 36 heavy (non-hydrogen) atoms. The molecule has 0 bridgehead atoms. The lowest BCUT2D eigenvalue weighted by Crippen LogP contribution is -2.30. The van der Waals surface area contributed by atoms with Crippen molar-refractivity contribution in [1.29, 1.82) is 0 Å². The van der Waals surface area contributed by atoms with Crippen LogP contribution in [-0.4, -0.2) is 32.5 Å². The van der Waals surface area contributed by atoms with E-state index in [0.717, 1.165) is 10.7 Å². The average molecular weight is 649 g/mol. The van der Waals surface area contributed by atoms with Crippen molar-refractivity contribution in [2.75, 3.05) is 12.4 Å². The summed E-state index contributed by atoms with van der Waals surface area (Å²) in [7, 11) is -3.62. The highest BCUT2D eigenvalue weighted by Gasteiger charge is 2.37. The summed E-state index contributed by atoms with van der Waals surface area (Å²) in [6.07, 6.45) is 2.88. The van der Waals surface area contributed by atoms with E-state index in [-0.39, 0.29) is 23.3 Å². The van der Waals surface area contributed by atoms with E-state index in [9.17, 15) is 13.2 Å². The van der Waals surface area contributed by atoms with Gasteiger partial charge in [0.1, 0.15) is 5.56 Å². The smallest absolute Gasteiger partial charge is 0.257 e. The zero-order valence-corrected chi connectivity index (χ0v) is 22.5. The third-order valence-electron chi connectivity index (χ3n) is 5.27. The number of sulfonamides is 1. The number of halogens is 4. The molecule has 13 heteroatoms. The fourth-order valence-electron chi connectivity index (χ4n) is 3.37. The maximum Gasteiger partial charge on any atom is 0.257 e. The minimum absolute atomic E-state index is 0.160. The number of nitrogens with one attached hydrogen (secondary N) is 3. The van der Waals surface area contributed by atoms with E-state index in [4.69, 9.17) is 16.3 Å². The lowest BCUT2D eigenvalue weighted by atomic mass is 10.1. The lowest BCUT2D eigenvalue weighted by Gasteiger charge is -2.21. The van der Waals surface area contributed by atoms with Crippen LogP contribution in [0.5, 0.6) is 5.75 Å². The van der Waals surface area contributed by atoms with E-state index < -0.39 is 49.5 Å². The van der Waals surface area contributed by atoms with E-state index in [0.29, 0.717) is 18.5 Å². The Morgan fingerprint density at radius 2 is 1.97 bits per heavy atom. The summed E-state index contributed by atoms with van der Waals surface area (Å²) in [5.74, 6) is -4.76. The van der Waals surface area contributed by atoms with Crippen LogP contribution in [0.2, 0.25) is 5.02 Å². The fourth-order valence-corrected chi connectivity index (χ4v) is 5.51. The van der Waals surface area contributed by atoms with E-state index in [1.54, 1.807) is 30.3 Å². The van der Waals surface area contributed by atoms with Gasteiger partial charge in [-0.05, 0) is 65.8 Å². The second-order valence-corrected chi connectivity index (χ2v) is 11.2. The number of hydrogen-bond acceptors (Lipinski definition) is 6. The molecule has 0 saturated heterocycles. The number of amides is 1. The van der Waals surface area contributed by atoms with Crippen LogP contribution >= 0.6 is 34.2 Å². The molecule has 1 aliphatic rings. The fraction of sp³-hybridized carbons (Fsp3) is 0.217. The SMILES string of the molecule is COc1c(C(=O)NC2CC2)c(Nc2ccc(I)cc2Cl)c(F)c(F)c1S(=O)(=O)NCc1ccccn1. The van der Waals surface area contributed by atoms with Crippen LogP contribution in [0.4, 0.5) is 20.2 Å². The second kappa shape index (κ2) is 10.8. The van der Waals surface area contributed by atoms with Gasteiger partial charge >= 0.3 is 0 Å². The van der Waals surface area contributed by atoms with Gasteiger partial charge in [-0.25, -0.2) is 21.9 Å². The molecule has 1 heterocycles. The number of hydrogen-bond donors (Lipinski definition) is 3. The normalized spacial score (nSPS) is 13.4. The van der Waals surface area contributed by atoms with Crippen LogP contribution in [-0.2, 0) is 16.6 Å². The van der Waals surface area contributed by atoms with Crippen molar-refractivity contribution in [1.82, 2.24) is 15.0 Å². The summed E-state index contributed by atoms with van der Waals surface area (Å²) < 4.78 is 65.4. The van der Waals surface area contributed by atoms with Crippen molar-refractivity contribution in [3.63, 3.8) is 0 Å². The Morgan fingerprint density at radius 1 is 1.22 bits per heavy atom. The average Bonchev–Trinajstić information content (AvgIpc) is 3.66. The quantitative estimate of drug-likeness (QED) is 0.290. The van der Waals surface area contributed by atoms with Gasteiger partial charge < -0.3 is 15.4 Å². The minimum Gasteiger partial charge on any atom is -0.494 e. The second-order valence-electron chi connectivity index (χ2n) is 7.88. The first kappa shape index (κ1) is 26.5. The number of methoxy groups -OCH3 is 1. The number of nitrogens with zero attached hydrogens (tertiary/aromatic N) is 1. The molecular weight excluding hydrogens is 629 g/mol. The molecule has 8 nitrogen and oxygen atoms in total. The standard InChI is InChI=1S/C23H20ClF2IN4O4S/c1-35-21-17(23(32)30-13-6-7-13)20(31-16-8-5-12(27)10-15(16)24)18(25)19(26)22(21)36(33,34)29-11-14-4-2-3-9-28-14/h2-5,8-10,13,29,31H,6-7,11H2,1H3,(H,30,32). The molecule has 1 amide bonds. The molecule has 1 fully saturated rings. The van der Waals surface area contributed by atoms with E-state index >= 15 is 8.78 Å². The molecule has 0 unspecified atom stereocenters. The van der Waals surface area contributed by atoms with Crippen LogP contribution in [0.3, 0.4) is 0 Å². The Bertz CT molecular complexity index is 1420. The summed E-state index contributed by atoms with van der Waals surface area (Å²) in [5, 5.41) is 5.50. The van der Waals surface area contributed by atoms with E-state index in [1.807, 2.05) is 22.6 Å². The van der Waals surface area contributed by atoms with Crippen LogP contribution < -0.4 is 20.1 Å². The van der Waals surface area contributed by atoms with Gasteiger partial charge in [-0.2, -0.15) is 0 Å². The number of benzene rings is 2. The van der Waals surface area contributed by atoms with Crippen molar-refractivity contribution in [2.45, 2.75) is 30.3 Å². The number of rotatable bonds is 9. The van der Waals surface area contributed by atoms with Gasteiger partial charge in [-0.1, -0.05) is 17.7 Å². The predicted molar refractivity (Wildman–Crippen MR) is 139 cm³/mol. The topological polar surface area (TPSA) is 109 Å². The number of pyridine rings is 1. The van der Waals surface area contributed by atoms with Crippen molar-refractivity contribution >= 4 is 61.5 Å². The van der Waals surface area contributed by atoms with Crippen molar-refractivity contribution in [2.24, 2.45) is 0 Å². The molecule has 0 aliphatic heterocycles. The number of anilines is 2. The first-order valence-electron chi connectivity index (χ1n) is 10.6. The molecule has 3 N–H and O–H groups in total. The Labute approximate surface area is 225 Å². The molecule has 1 saturated carbocycles. The Balaban J connectivity index is 1.85. The third-order valence-corrected chi connectivity index (χ3v) is 7.68. The van der Waals surface area contributed by atoms with Crippen LogP contribution in [0.15, 0.2) is 47.5 Å². The van der Waals surface area contributed by atoms with Gasteiger partial charge in [-0.3, -0.25) is 9.78 Å². The minimum atomic E-state index is -4.69. The molecule has 0 spiro atoms. The highest BCUT2D eigenvalue weighted by atomic mass is 127. The molecule has 0 radical (unpaired) electrons. The molecule has 1 aliphatic carbocycles. The van der Waals surface area contributed by atoms with Gasteiger partial charge in [0.25, 0.3) is 5.91 Å². The Kier molecular flexibility index (Phi) is 7.97. The molecule has 0 atom stereocenters. The zero-order chi connectivity index (χ0) is 26.0. The van der Waals surface area contributed by atoms with Gasteiger partial charge in [0.2, 0.25) is 10.0 Å². The number of aromatic nitrogens is 1. The first-order chi connectivity index (χ1) is 17.1. The van der Waals surface area contributed by atoms with E-state index in [1.165, 1.54) is 12.3 Å². The molecule has 190 valence electrons. The summed E-state index contributed by atoms with van der Waals surface area (Å²) in [5.41, 5.74) is -0.577. The van der Waals surface area contributed by atoms with E-state index in [2.05, 4.69) is 20.3 Å². The molecule has 2 aromatic carbocycles. The lowest BCUT2D eigenvalue weighted by molar-refractivity contribution is 0.0948. The van der Waals surface area contributed by atoms with Crippen molar-refractivity contribution in [3.8, 4) is 5.75 Å². The number of carbonyl (C=O) groups excluding carboxylic acids is 1. The molecule has 3 aromatic rings.